The van der Waals surface area contributed by atoms with Crippen molar-refractivity contribution in [2.75, 3.05) is 26.3 Å². The number of morpholine rings is 1. The maximum atomic E-state index is 12.8. The van der Waals surface area contributed by atoms with Gasteiger partial charge in [-0.05, 0) is 6.07 Å². The standard InChI is InChI=1S/C19H15NO6/c21-15-10-3-1-2-4-11(10)16(22)14-12(15)9-13(17(23)18(14)24)19(25)20-5-7-26-8-6-20/h1-4,9,23-24H,5-8H2. The highest BCUT2D eigenvalue weighted by Crippen LogP contribution is 2.40. The third-order valence-electron chi connectivity index (χ3n) is 4.69. The van der Waals surface area contributed by atoms with Crippen LogP contribution in [0.15, 0.2) is 30.3 Å². The van der Waals surface area contributed by atoms with Crippen molar-refractivity contribution in [3.05, 3.63) is 58.1 Å². The Kier molecular flexibility index (Phi) is 3.73. The second-order valence-electron chi connectivity index (χ2n) is 6.15. The highest BCUT2D eigenvalue weighted by Gasteiger charge is 2.36. The molecule has 1 saturated heterocycles. The van der Waals surface area contributed by atoms with Gasteiger partial charge < -0.3 is 19.8 Å². The van der Waals surface area contributed by atoms with Gasteiger partial charge in [0.1, 0.15) is 0 Å². The first-order valence-corrected chi connectivity index (χ1v) is 8.15. The van der Waals surface area contributed by atoms with E-state index in [9.17, 15) is 24.6 Å². The van der Waals surface area contributed by atoms with Gasteiger partial charge in [0.15, 0.2) is 23.1 Å². The van der Waals surface area contributed by atoms with E-state index in [4.69, 9.17) is 4.74 Å². The molecule has 0 unspecified atom stereocenters. The number of fused-ring (bicyclic) bond motifs is 2. The summed E-state index contributed by atoms with van der Waals surface area (Å²) in [7, 11) is 0. The van der Waals surface area contributed by atoms with Crippen LogP contribution in [-0.4, -0.2) is 58.9 Å². The van der Waals surface area contributed by atoms with Gasteiger partial charge in [0.05, 0.1) is 24.3 Å². The third-order valence-corrected chi connectivity index (χ3v) is 4.69. The minimum absolute atomic E-state index is 0.0828. The smallest absolute Gasteiger partial charge is 0.257 e. The largest absolute Gasteiger partial charge is 0.504 e. The Balaban J connectivity index is 1.86. The van der Waals surface area contributed by atoms with Crippen molar-refractivity contribution in [3.8, 4) is 11.5 Å². The van der Waals surface area contributed by atoms with Crippen molar-refractivity contribution >= 4 is 17.5 Å². The SMILES string of the molecule is O=C1c2ccccc2C(=O)c2c1cc(C(=O)N1CCOCC1)c(O)c2O. The number of ketones is 2. The van der Waals surface area contributed by atoms with Gasteiger partial charge >= 0.3 is 0 Å². The number of hydrogen-bond acceptors (Lipinski definition) is 6. The average molecular weight is 353 g/mol. The molecule has 0 atom stereocenters. The third kappa shape index (κ3) is 2.28. The number of ether oxygens (including phenoxy) is 1. The van der Waals surface area contributed by atoms with Crippen LogP contribution in [0.5, 0.6) is 11.5 Å². The van der Waals surface area contributed by atoms with Gasteiger partial charge in [-0.2, -0.15) is 0 Å². The Bertz CT molecular complexity index is 959. The van der Waals surface area contributed by atoms with Crippen LogP contribution in [0.4, 0.5) is 0 Å². The molecule has 0 bridgehead atoms. The molecular weight excluding hydrogens is 338 g/mol. The molecule has 2 aromatic rings. The van der Waals surface area contributed by atoms with E-state index in [2.05, 4.69) is 0 Å². The fraction of sp³-hybridized carbons (Fsp3) is 0.211. The number of rotatable bonds is 1. The van der Waals surface area contributed by atoms with Crippen LogP contribution in [0.3, 0.4) is 0 Å². The zero-order valence-corrected chi connectivity index (χ0v) is 13.7. The minimum atomic E-state index is -0.744. The summed E-state index contributed by atoms with van der Waals surface area (Å²) in [5.74, 6) is -2.99. The Morgan fingerprint density at radius 3 is 2.19 bits per heavy atom. The molecule has 4 rings (SSSR count). The first kappa shape index (κ1) is 16.3. The first-order chi connectivity index (χ1) is 12.5. The lowest BCUT2D eigenvalue weighted by molar-refractivity contribution is 0.0300. The molecular formula is C19H15NO6. The van der Waals surface area contributed by atoms with Crippen molar-refractivity contribution in [2.24, 2.45) is 0 Å². The van der Waals surface area contributed by atoms with Gasteiger partial charge in [0.25, 0.3) is 5.91 Å². The Hall–Kier alpha value is -3.19. The van der Waals surface area contributed by atoms with E-state index in [-0.39, 0.29) is 27.8 Å². The molecule has 0 radical (unpaired) electrons. The van der Waals surface area contributed by atoms with Crippen LogP contribution in [0.25, 0.3) is 0 Å². The van der Waals surface area contributed by atoms with Gasteiger partial charge in [-0.25, -0.2) is 0 Å². The lowest BCUT2D eigenvalue weighted by atomic mass is 9.82. The minimum Gasteiger partial charge on any atom is -0.504 e. The van der Waals surface area contributed by atoms with Crippen molar-refractivity contribution in [1.82, 2.24) is 4.90 Å². The van der Waals surface area contributed by atoms with Crippen LogP contribution in [0, 0.1) is 0 Å². The van der Waals surface area contributed by atoms with Crippen LogP contribution in [-0.2, 0) is 4.74 Å². The summed E-state index contributed by atoms with van der Waals surface area (Å²) in [6.07, 6.45) is 0. The summed E-state index contributed by atoms with van der Waals surface area (Å²) in [5.41, 5.74) is -0.194. The van der Waals surface area contributed by atoms with Gasteiger partial charge in [-0.15, -0.1) is 0 Å². The molecule has 1 aliphatic carbocycles. The van der Waals surface area contributed by atoms with Crippen molar-refractivity contribution in [3.63, 3.8) is 0 Å². The van der Waals surface area contributed by atoms with Crippen molar-refractivity contribution in [1.29, 1.82) is 0 Å². The van der Waals surface area contributed by atoms with E-state index in [1.807, 2.05) is 0 Å². The highest BCUT2D eigenvalue weighted by molar-refractivity contribution is 6.30. The molecule has 0 aromatic heterocycles. The zero-order chi connectivity index (χ0) is 18.4. The molecule has 132 valence electrons. The number of amides is 1. The second-order valence-corrected chi connectivity index (χ2v) is 6.15. The van der Waals surface area contributed by atoms with Gasteiger partial charge in [0, 0.05) is 29.8 Å². The molecule has 2 aromatic carbocycles. The van der Waals surface area contributed by atoms with E-state index in [1.54, 1.807) is 12.1 Å². The molecule has 1 fully saturated rings. The molecule has 0 saturated carbocycles. The fourth-order valence-electron chi connectivity index (χ4n) is 3.33. The topological polar surface area (TPSA) is 104 Å². The summed E-state index contributed by atoms with van der Waals surface area (Å²) in [4.78, 5) is 39.6. The predicted molar refractivity (Wildman–Crippen MR) is 89.8 cm³/mol. The van der Waals surface area contributed by atoms with E-state index >= 15 is 0 Å². The lowest BCUT2D eigenvalue weighted by Crippen LogP contribution is -2.40. The summed E-state index contributed by atoms with van der Waals surface area (Å²) in [6.45, 7) is 1.42. The molecule has 7 nitrogen and oxygen atoms in total. The van der Waals surface area contributed by atoms with Gasteiger partial charge in [0.2, 0.25) is 0 Å². The lowest BCUT2D eigenvalue weighted by Gasteiger charge is -2.28. The van der Waals surface area contributed by atoms with Crippen LogP contribution >= 0.6 is 0 Å². The number of phenolic OH excluding ortho intramolecular Hbond substituents is 2. The molecule has 1 heterocycles. The number of carbonyl (C=O) groups excluding carboxylic acids is 3. The summed E-state index contributed by atoms with van der Waals surface area (Å²) in [5, 5.41) is 20.7. The Morgan fingerprint density at radius 2 is 1.54 bits per heavy atom. The molecule has 1 amide bonds. The number of aromatic hydroxyl groups is 2. The quantitative estimate of drug-likeness (QED) is 0.640. The van der Waals surface area contributed by atoms with Crippen LogP contribution in [0.1, 0.15) is 42.2 Å². The number of nitrogens with zero attached hydrogens (tertiary/aromatic N) is 1. The molecule has 2 aliphatic rings. The molecule has 7 heteroatoms. The number of carbonyl (C=O) groups is 3. The number of hydrogen-bond donors (Lipinski definition) is 2. The number of phenols is 2. The maximum Gasteiger partial charge on any atom is 0.257 e. The predicted octanol–water partition coefficient (Wildman–Crippen LogP) is 1.35. The van der Waals surface area contributed by atoms with Crippen LogP contribution in [0.2, 0.25) is 0 Å². The summed E-state index contributed by atoms with van der Waals surface area (Å²) >= 11 is 0. The highest BCUT2D eigenvalue weighted by atomic mass is 16.5. The molecule has 0 spiro atoms. The number of benzene rings is 2. The monoisotopic (exact) mass is 353 g/mol. The Morgan fingerprint density at radius 1 is 0.923 bits per heavy atom. The molecule has 1 aliphatic heterocycles. The summed E-state index contributed by atoms with van der Waals surface area (Å²) in [6, 6.07) is 7.45. The van der Waals surface area contributed by atoms with Gasteiger partial charge in [-0.1, -0.05) is 24.3 Å². The van der Waals surface area contributed by atoms with E-state index in [1.165, 1.54) is 23.1 Å². The van der Waals surface area contributed by atoms with E-state index in [0.717, 1.165) is 0 Å². The van der Waals surface area contributed by atoms with Gasteiger partial charge in [-0.3, -0.25) is 14.4 Å². The summed E-state index contributed by atoms with van der Waals surface area (Å²) < 4.78 is 5.20. The first-order valence-electron chi connectivity index (χ1n) is 8.15. The van der Waals surface area contributed by atoms with Crippen molar-refractivity contribution < 1.29 is 29.3 Å². The maximum absolute atomic E-state index is 12.8. The fourth-order valence-corrected chi connectivity index (χ4v) is 3.33. The van der Waals surface area contributed by atoms with E-state index in [0.29, 0.717) is 26.3 Å². The second kappa shape index (κ2) is 5.96. The average Bonchev–Trinajstić information content (AvgIpc) is 2.68. The molecule has 26 heavy (non-hydrogen) atoms. The normalized spacial score (nSPS) is 16.2. The van der Waals surface area contributed by atoms with Crippen molar-refractivity contribution in [2.45, 2.75) is 0 Å². The molecule has 2 N–H and O–H groups in total. The zero-order valence-electron chi connectivity index (χ0n) is 13.7. The Labute approximate surface area is 148 Å². The van der Waals surface area contributed by atoms with Crippen LogP contribution < -0.4 is 0 Å². The van der Waals surface area contributed by atoms with E-state index < -0.39 is 29.0 Å².